The van der Waals surface area contributed by atoms with Crippen LogP contribution in [0.4, 0.5) is 4.39 Å². The second-order valence-electron chi connectivity index (χ2n) is 8.50. The number of nitrogens with zero attached hydrogens (tertiary/aromatic N) is 5. The summed E-state index contributed by atoms with van der Waals surface area (Å²) < 4.78 is 18.8. The Bertz CT molecular complexity index is 1420. The summed E-state index contributed by atoms with van der Waals surface area (Å²) in [6.45, 7) is 9.56. The van der Waals surface area contributed by atoms with Crippen LogP contribution in [0.5, 0.6) is 0 Å². The summed E-state index contributed by atoms with van der Waals surface area (Å²) in [6, 6.07) is 4.34. The first kappa shape index (κ1) is 20.6. The van der Waals surface area contributed by atoms with Crippen molar-refractivity contribution in [3.63, 3.8) is 0 Å². The number of hydrogen-bond donors (Lipinski definition) is 1. The SMILES string of the molecule is Cc1nn(C(C)C)c2c1C(c1cc(-c3cc(C)c4nnc(C)n4c3)c(Cl)cc1F)NC2=O. The second kappa shape index (κ2) is 7.13. The Morgan fingerprint density at radius 2 is 1.91 bits per heavy atom. The third-order valence-corrected chi connectivity index (χ3v) is 6.28. The van der Waals surface area contributed by atoms with Gasteiger partial charge in [-0.2, -0.15) is 5.10 Å². The van der Waals surface area contributed by atoms with Gasteiger partial charge >= 0.3 is 0 Å². The van der Waals surface area contributed by atoms with E-state index in [0.29, 0.717) is 28.1 Å². The monoisotopic (exact) mass is 452 g/mol. The number of rotatable bonds is 3. The summed E-state index contributed by atoms with van der Waals surface area (Å²) in [4.78, 5) is 12.8. The van der Waals surface area contributed by atoms with Crippen LogP contribution in [0, 0.1) is 26.6 Å². The maximum atomic E-state index is 15.2. The molecule has 0 bridgehead atoms. The van der Waals surface area contributed by atoms with E-state index in [1.807, 2.05) is 51.3 Å². The van der Waals surface area contributed by atoms with E-state index in [4.69, 9.17) is 11.6 Å². The van der Waals surface area contributed by atoms with Crippen molar-refractivity contribution in [3.8, 4) is 11.1 Å². The molecule has 0 spiro atoms. The first-order valence-corrected chi connectivity index (χ1v) is 10.8. The highest BCUT2D eigenvalue weighted by molar-refractivity contribution is 6.33. The first-order chi connectivity index (χ1) is 15.2. The van der Waals surface area contributed by atoms with Gasteiger partial charge in [0, 0.05) is 34.5 Å². The van der Waals surface area contributed by atoms with Crippen LogP contribution >= 0.6 is 11.6 Å². The summed E-state index contributed by atoms with van der Waals surface area (Å²) in [5.74, 6) is 0.00674. The maximum absolute atomic E-state index is 15.2. The Kier molecular flexibility index (Phi) is 4.60. The van der Waals surface area contributed by atoms with Crippen molar-refractivity contribution in [2.24, 2.45) is 0 Å². The molecule has 9 heteroatoms. The molecule has 0 fully saturated rings. The van der Waals surface area contributed by atoms with E-state index in [2.05, 4.69) is 20.6 Å². The summed E-state index contributed by atoms with van der Waals surface area (Å²) in [5.41, 5.74) is 5.39. The van der Waals surface area contributed by atoms with Gasteiger partial charge in [0.05, 0.1) is 16.8 Å². The van der Waals surface area contributed by atoms with E-state index in [1.54, 1.807) is 10.7 Å². The lowest BCUT2D eigenvalue weighted by Gasteiger charge is -2.16. The number of carbonyl (C=O) groups excluding carboxylic acids is 1. The fourth-order valence-corrected chi connectivity index (χ4v) is 4.69. The van der Waals surface area contributed by atoms with Crippen molar-refractivity contribution in [2.75, 3.05) is 0 Å². The van der Waals surface area contributed by atoms with Gasteiger partial charge in [-0.15, -0.1) is 10.2 Å². The zero-order chi connectivity index (χ0) is 22.9. The van der Waals surface area contributed by atoms with Gasteiger partial charge in [-0.1, -0.05) is 11.6 Å². The van der Waals surface area contributed by atoms with Crippen LogP contribution in [0.3, 0.4) is 0 Å². The van der Waals surface area contributed by atoms with Gasteiger partial charge < -0.3 is 5.32 Å². The molecule has 7 nitrogen and oxygen atoms in total. The van der Waals surface area contributed by atoms with Gasteiger partial charge in [0.15, 0.2) is 5.65 Å². The molecule has 1 aliphatic rings. The van der Waals surface area contributed by atoms with E-state index >= 15 is 4.39 Å². The van der Waals surface area contributed by atoms with Crippen molar-refractivity contribution >= 4 is 23.2 Å². The standard InChI is InChI=1S/C23H22ClFN6O/c1-10(2)31-21-19(12(4)29-31)20(26-23(21)32)16-7-15(17(24)8-18(16)25)14-6-11(3)22-28-27-13(5)30(22)9-14/h6-10,20H,1-5H3,(H,26,32). The highest BCUT2D eigenvalue weighted by atomic mass is 35.5. The van der Waals surface area contributed by atoms with Gasteiger partial charge in [-0.25, -0.2) is 4.39 Å². The Morgan fingerprint density at radius 1 is 1.16 bits per heavy atom. The van der Waals surface area contributed by atoms with E-state index in [0.717, 1.165) is 22.6 Å². The van der Waals surface area contributed by atoms with E-state index in [1.165, 1.54) is 6.07 Å². The van der Waals surface area contributed by atoms with Crippen molar-refractivity contribution < 1.29 is 9.18 Å². The van der Waals surface area contributed by atoms with Crippen LogP contribution in [0.2, 0.25) is 5.02 Å². The largest absolute Gasteiger partial charge is 0.340 e. The fraction of sp³-hybridized carbons (Fsp3) is 0.304. The highest BCUT2D eigenvalue weighted by Gasteiger charge is 2.38. The van der Waals surface area contributed by atoms with Gasteiger partial charge in [0.1, 0.15) is 17.3 Å². The minimum absolute atomic E-state index is 0.00862. The number of halogens is 2. The topological polar surface area (TPSA) is 77.1 Å². The maximum Gasteiger partial charge on any atom is 0.270 e. The Morgan fingerprint density at radius 3 is 2.62 bits per heavy atom. The number of aryl methyl sites for hydroxylation is 3. The smallest absolute Gasteiger partial charge is 0.270 e. The number of fused-ring (bicyclic) bond motifs is 2. The molecule has 1 aliphatic heterocycles. The molecule has 1 N–H and O–H groups in total. The third-order valence-electron chi connectivity index (χ3n) is 5.97. The van der Waals surface area contributed by atoms with Gasteiger partial charge in [-0.3, -0.25) is 13.9 Å². The number of aromatic nitrogens is 5. The lowest BCUT2D eigenvalue weighted by Crippen LogP contribution is -2.24. The van der Waals surface area contributed by atoms with Crippen LogP contribution in [0.1, 0.15) is 64.6 Å². The number of nitrogens with one attached hydrogen (secondary N) is 1. The molecular weight excluding hydrogens is 431 g/mol. The van der Waals surface area contributed by atoms with Crippen molar-refractivity contribution in [1.29, 1.82) is 0 Å². The molecule has 5 rings (SSSR count). The Hall–Kier alpha value is -3.26. The van der Waals surface area contributed by atoms with Gasteiger partial charge in [0.25, 0.3) is 5.91 Å². The average Bonchev–Trinajstić information content (AvgIpc) is 3.37. The molecule has 0 saturated carbocycles. The summed E-state index contributed by atoms with van der Waals surface area (Å²) in [7, 11) is 0. The van der Waals surface area contributed by atoms with Crippen LogP contribution in [-0.2, 0) is 0 Å². The summed E-state index contributed by atoms with van der Waals surface area (Å²) in [6.07, 6.45) is 1.89. The molecule has 4 aromatic rings. The minimum atomic E-state index is -0.637. The molecule has 164 valence electrons. The molecule has 0 aliphatic carbocycles. The molecule has 0 radical (unpaired) electrons. The zero-order valence-electron chi connectivity index (χ0n) is 18.4. The summed E-state index contributed by atoms with van der Waals surface area (Å²) >= 11 is 6.48. The molecule has 0 saturated heterocycles. The molecule has 1 amide bonds. The number of benzene rings is 1. The zero-order valence-corrected chi connectivity index (χ0v) is 19.1. The lowest BCUT2D eigenvalue weighted by molar-refractivity contribution is 0.0948. The number of pyridine rings is 1. The molecule has 1 atom stereocenters. The van der Waals surface area contributed by atoms with Gasteiger partial charge in [-0.05, 0) is 58.4 Å². The normalized spacial score (nSPS) is 15.6. The number of amides is 1. The third kappa shape index (κ3) is 2.93. The predicted molar refractivity (Wildman–Crippen MR) is 120 cm³/mol. The van der Waals surface area contributed by atoms with Crippen LogP contribution < -0.4 is 5.32 Å². The van der Waals surface area contributed by atoms with E-state index in [9.17, 15) is 4.79 Å². The molecule has 3 aromatic heterocycles. The second-order valence-corrected chi connectivity index (χ2v) is 8.91. The number of carbonyl (C=O) groups is 1. The summed E-state index contributed by atoms with van der Waals surface area (Å²) in [5, 5.41) is 16.1. The van der Waals surface area contributed by atoms with Crippen LogP contribution in [-0.4, -0.2) is 30.3 Å². The van der Waals surface area contributed by atoms with Crippen molar-refractivity contribution in [2.45, 2.75) is 46.7 Å². The molecule has 32 heavy (non-hydrogen) atoms. The molecule has 4 heterocycles. The Balaban J connectivity index is 1.69. The van der Waals surface area contributed by atoms with Crippen molar-refractivity contribution in [1.82, 2.24) is 29.7 Å². The van der Waals surface area contributed by atoms with Crippen LogP contribution in [0.15, 0.2) is 24.4 Å². The van der Waals surface area contributed by atoms with E-state index in [-0.39, 0.29) is 17.0 Å². The van der Waals surface area contributed by atoms with Crippen LogP contribution in [0.25, 0.3) is 16.8 Å². The molecular formula is C23H22ClFN6O. The minimum Gasteiger partial charge on any atom is -0.340 e. The number of hydrogen-bond acceptors (Lipinski definition) is 4. The molecule has 1 aromatic carbocycles. The van der Waals surface area contributed by atoms with Gasteiger partial charge in [0.2, 0.25) is 0 Å². The average molecular weight is 453 g/mol. The lowest BCUT2D eigenvalue weighted by atomic mass is 9.95. The fourth-order valence-electron chi connectivity index (χ4n) is 4.43. The quantitative estimate of drug-likeness (QED) is 0.487. The van der Waals surface area contributed by atoms with E-state index < -0.39 is 11.9 Å². The molecule has 1 unspecified atom stereocenters. The first-order valence-electron chi connectivity index (χ1n) is 10.4. The highest BCUT2D eigenvalue weighted by Crippen LogP contribution is 2.39. The Labute approximate surface area is 189 Å². The predicted octanol–water partition coefficient (Wildman–Crippen LogP) is 4.72. The van der Waals surface area contributed by atoms with Crippen molar-refractivity contribution in [3.05, 3.63) is 69.1 Å².